The van der Waals surface area contributed by atoms with Crippen LogP contribution in [0.25, 0.3) is 22.0 Å². The summed E-state index contributed by atoms with van der Waals surface area (Å²) in [4.78, 5) is 18.9. The fourth-order valence-corrected chi connectivity index (χ4v) is 3.88. The maximum absolute atomic E-state index is 12.7. The van der Waals surface area contributed by atoms with Crippen molar-refractivity contribution in [3.8, 4) is 11.3 Å². The fourth-order valence-electron chi connectivity index (χ4n) is 3.88. The molecule has 1 aromatic carbocycles. The van der Waals surface area contributed by atoms with Gasteiger partial charge >= 0.3 is 0 Å². The van der Waals surface area contributed by atoms with E-state index >= 15 is 0 Å². The van der Waals surface area contributed by atoms with Gasteiger partial charge in [0.1, 0.15) is 11.5 Å². The van der Waals surface area contributed by atoms with Crippen molar-refractivity contribution in [3.05, 3.63) is 42.4 Å². The molecule has 0 saturated carbocycles. The van der Waals surface area contributed by atoms with Crippen LogP contribution in [0.15, 0.2) is 36.7 Å². The number of likely N-dealkylation sites (tertiary alicyclic amines) is 1. The quantitative estimate of drug-likeness (QED) is 0.637. The van der Waals surface area contributed by atoms with Crippen molar-refractivity contribution < 1.29 is 13.6 Å². The molecule has 1 aliphatic heterocycles. The number of carbonyl (C=O) groups is 1. The van der Waals surface area contributed by atoms with Crippen molar-refractivity contribution in [2.24, 2.45) is 13.0 Å². The number of piperidine rings is 1. The van der Waals surface area contributed by atoms with Crippen LogP contribution in [0.1, 0.15) is 18.5 Å². The lowest BCUT2D eigenvalue weighted by molar-refractivity contribution is -0.123. The maximum atomic E-state index is 12.7. The number of rotatable bonds is 6. The monoisotopic (exact) mass is 399 g/mol. The third-order valence-corrected chi connectivity index (χ3v) is 5.47. The molecule has 0 amide bonds. The summed E-state index contributed by atoms with van der Waals surface area (Å²) in [5, 5.41) is 10.1. The van der Waals surface area contributed by atoms with Crippen LogP contribution in [0.3, 0.4) is 0 Å². The van der Waals surface area contributed by atoms with E-state index in [2.05, 4.69) is 15.3 Å². The Labute approximate surface area is 167 Å². The van der Waals surface area contributed by atoms with E-state index in [1.165, 1.54) is 0 Å². The summed E-state index contributed by atoms with van der Waals surface area (Å²) in [5.74, 6) is 0.0611. The summed E-state index contributed by atoms with van der Waals surface area (Å²) >= 11 is 0. The number of fused-ring (bicyclic) bond motifs is 1. The summed E-state index contributed by atoms with van der Waals surface area (Å²) < 4.78 is 26.7. The Morgan fingerprint density at radius 3 is 2.69 bits per heavy atom. The number of hydrogen-bond donors (Lipinski definition) is 0. The molecule has 0 spiro atoms. The molecule has 2 aromatic heterocycles. The molecule has 3 aromatic rings. The van der Waals surface area contributed by atoms with Crippen LogP contribution in [0.5, 0.6) is 0 Å². The number of halogens is 2. The molecule has 4 rings (SSSR count). The average Bonchev–Trinajstić information content (AvgIpc) is 3.14. The van der Waals surface area contributed by atoms with E-state index in [-0.39, 0.29) is 24.7 Å². The third-order valence-electron chi connectivity index (χ3n) is 5.47. The van der Waals surface area contributed by atoms with Crippen LogP contribution < -0.4 is 0 Å². The van der Waals surface area contributed by atoms with Crippen LogP contribution in [-0.4, -0.2) is 56.7 Å². The molecule has 0 bridgehead atoms. The molecule has 29 heavy (non-hydrogen) atoms. The molecular weight excluding hydrogens is 376 g/mol. The van der Waals surface area contributed by atoms with Crippen molar-refractivity contribution in [2.45, 2.75) is 25.7 Å². The lowest BCUT2D eigenvalue weighted by atomic mass is 9.90. The molecule has 0 N–H and O–H groups in total. The number of alkyl halides is 2. The number of aryl methyl sites for hydroxylation is 1. The lowest BCUT2D eigenvalue weighted by Gasteiger charge is -2.30. The summed E-state index contributed by atoms with van der Waals surface area (Å²) in [7, 11) is 1.82. The Kier molecular flexibility index (Phi) is 5.62. The maximum Gasteiger partial charge on any atom is 0.251 e. The number of hydrogen-bond acceptors (Lipinski definition) is 5. The van der Waals surface area contributed by atoms with E-state index in [9.17, 15) is 13.6 Å². The van der Waals surface area contributed by atoms with Crippen LogP contribution in [0.4, 0.5) is 8.78 Å². The van der Waals surface area contributed by atoms with Crippen LogP contribution >= 0.6 is 0 Å². The number of aromatic nitrogens is 4. The van der Waals surface area contributed by atoms with Gasteiger partial charge in [0, 0.05) is 42.2 Å². The zero-order valence-electron chi connectivity index (χ0n) is 16.3. The largest absolute Gasteiger partial charge is 0.299 e. The van der Waals surface area contributed by atoms with Crippen molar-refractivity contribution in [2.75, 3.05) is 19.6 Å². The second-order valence-corrected chi connectivity index (χ2v) is 7.62. The first kappa shape index (κ1) is 19.6. The normalized spacial score (nSPS) is 16.0. The Morgan fingerprint density at radius 1 is 1.21 bits per heavy atom. The minimum atomic E-state index is -2.32. The second-order valence-electron chi connectivity index (χ2n) is 7.62. The topological polar surface area (TPSA) is 63.9 Å². The Morgan fingerprint density at radius 2 is 2.00 bits per heavy atom. The van der Waals surface area contributed by atoms with Gasteiger partial charge in [0.25, 0.3) is 6.43 Å². The molecular formula is C21H23F2N5O. The van der Waals surface area contributed by atoms with E-state index in [1.54, 1.807) is 15.8 Å². The van der Waals surface area contributed by atoms with Gasteiger partial charge in [0.2, 0.25) is 0 Å². The van der Waals surface area contributed by atoms with Crippen molar-refractivity contribution >= 4 is 16.6 Å². The Hall–Kier alpha value is -2.74. The molecule has 0 unspecified atom stereocenters. The SMILES string of the molecule is Cn1cc(-c2ccc3cnc(CC(=O)C4CCN(CC(F)F)CC4)cc3c2)nn1. The van der Waals surface area contributed by atoms with Crippen molar-refractivity contribution in [1.82, 2.24) is 24.9 Å². The summed E-state index contributed by atoms with van der Waals surface area (Å²) in [6, 6.07) is 7.93. The Bertz CT molecular complexity index is 1010. The van der Waals surface area contributed by atoms with Gasteiger partial charge in [0.15, 0.2) is 0 Å². The predicted octanol–water partition coefficient (Wildman–Crippen LogP) is 3.12. The van der Waals surface area contributed by atoms with Gasteiger partial charge in [-0.05, 0) is 43.5 Å². The number of benzene rings is 1. The molecule has 1 fully saturated rings. The summed E-state index contributed by atoms with van der Waals surface area (Å²) in [6.07, 6.45) is 2.85. The van der Waals surface area contributed by atoms with Gasteiger partial charge in [-0.25, -0.2) is 8.78 Å². The zero-order chi connectivity index (χ0) is 20.4. The summed E-state index contributed by atoms with van der Waals surface area (Å²) in [5.41, 5.74) is 2.48. The minimum absolute atomic E-state index is 0.0765. The van der Waals surface area contributed by atoms with E-state index in [0.717, 1.165) is 27.7 Å². The molecule has 3 heterocycles. The van der Waals surface area contributed by atoms with Gasteiger partial charge < -0.3 is 0 Å². The molecule has 1 aliphatic rings. The van der Waals surface area contributed by atoms with E-state index in [4.69, 9.17) is 0 Å². The first-order valence-electron chi connectivity index (χ1n) is 9.76. The molecule has 0 radical (unpaired) electrons. The van der Waals surface area contributed by atoms with Crippen molar-refractivity contribution in [1.29, 1.82) is 0 Å². The minimum Gasteiger partial charge on any atom is -0.299 e. The molecule has 8 heteroatoms. The highest BCUT2D eigenvalue weighted by Gasteiger charge is 2.26. The van der Waals surface area contributed by atoms with Crippen molar-refractivity contribution in [3.63, 3.8) is 0 Å². The molecule has 6 nitrogen and oxygen atoms in total. The number of nitrogens with zero attached hydrogens (tertiary/aromatic N) is 5. The molecule has 152 valence electrons. The highest BCUT2D eigenvalue weighted by molar-refractivity contribution is 5.88. The first-order valence-corrected chi connectivity index (χ1v) is 9.76. The third kappa shape index (κ3) is 4.64. The number of pyridine rings is 1. The first-order chi connectivity index (χ1) is 14.0. The summed E-state index contributed by atoms with van der Waals surface area (Å²) in [6.45, 7) is 0.891. The van der Waals surface area contributed by atoms with Crippen LogP contribution in [0, 0.1) is 5.92 Å². The van der Waals surface area contributed by atoms with E-state index in [0.29, 0.717) is 25.9 Å². The lowest BCUT2D eigenvalue weighted by Crippen LogP contribution is -2.39. The van der Waals surface area contributed by atoms with E-state index in [1.807, 2.05) is 37.5 Å². The van der Waals surface area contributed by atoms with E-state index < -0.39 is 6.43 Å². The van der Waals surface area contributed by atoms with Gasteiger partial charge in [-0.15, -0.1) is 5.10 Å². The average molecular weight is 399 g/mol. The standard InChI is InChI=1S/C21H23F2N5O/c1-27-12-19(25-26-27)15-2-3-16-11-24-18(9-17(16)8-15)10-20(29)14-4-6-28(7-5-14)13-21(22)23/h2-3,8-9,11-12,14,21H,4-7,10,13H2,1H3. The van der Waals surface area contributed by atoms with Gasteiger partial charge in [-0.2, -0.15) is 0 Å². The smallest absolute Gasteiger partial charge is 0.251 e. The molecule has 0 aliphatic carbocycles. The second kappa shape index (κ2) is 8.32. The molecule has 1 saturated heterocycles. The van der Waals surface area contributed by atoms with Gasteiger partial charge in [-0.1, -0.05) is 17.3 Å². The molecule has 0 atom stereocenters. The number of Topliss-reactive ketones (excluding diaryl/α,β-unsaturated/α-hetero) is 1. The van der Waals surface area contributed by atoms with Gasteiger partial charge in [0.05, 0.1) is 12.7 Å². The van der Waals surface area contributed by atoms with Gasteiger partial charge in [-0.3, -0.25) is 19.4 Å². The van der Waals surface area contributed by atoms with Crippen LogP contribution in [0.2, 0.25) is 0 Å². The van der Waals surface area contributed by atoms with Crippen LogP contribution in [-0.2, 0) is 18.3 Å². The highest BCUT2D eigenvalue weighted by atomic mass is 19.3. The predicted molar refractivity (Wildman–Crippen MR) is 106 cm³/mol. The Balaban J connectivity index is 1.44. The number of ketones is 1. The fraction of sp³-hybridized carbons (Fsp3) is 0.429. The highest BCUT2D eigenvalue weighted by Crippen LogP contribution is 2.24. The number of carbonyl (C=O) groups excluding carboxylic acids is 1. The zero-order valence-corrected chi connectivity index (χ0v) is 16.3.